The van der Waals surface area contributed by atoms with Gasteiger partial charge in [-0.2, -0.15) is 0 Å². The molecule has 0 aromatic heterocycles. The quantitative estimate of drug-likeness (QED) is 0.465. The third kappa shape index (κ3) is 3.26. The highest BCUT2D eigenvalue weighted by Gasteiger charge is 2.11. The molecule has 1 rings (SSSR count). The summed E-state index contributed by atoms with van der Waals surface area (Å²) in [5, 5.41) is 4.60. The van der Waals surface area contributed by atoms with Gasteiger partial charge in [-0.25, -0.2) is 0 Å². The molecule has 0 radical (unpaired) electrons. The van der Waals surface area contributed by atoms with E-state index in [9.17, 15) is 0 Å². The molecule has 0 heterocycles. The fourth-order valence-electron chi connectivity index (χ4n) is 0.938. The van der Waals surface area contributed by atoms with Crippen LogP contribution in [0.5, 0.6) is 0 Å². The van der Waals surface area contributed by atoms with Crippen molar-refractivity contribution in [3.05, 3.63) is 34.9 Å². The third-order valence-corrected chi connectivity index (χ3v) is 2.66. The van der Waals surface area contributed by atoms with Crippen LogP contribution in [0.25, 0.3) is 0 Å². The maximum absolute atomic E-state index is 5.78. The normalized spacial score (nSPS) is 11.9. The molecule has 0 N–H and O–H groups in total. The monoisotopic (exact) mass is 339 g/mol. The smallest absolute Gasteiger partial charge is 0.116 e. The molecule has 0 aliphatic carbocycles. The van der Waals surface area contributed by atoms with Crippen LogP contribution in [0.15, 0.2) is 29.4 Å². The number of hydrogen-bond acceptors (Lipinski definition) is 2. The summed E-state index contributed by atoms with van der Waals surface area (Å²) in [7, 11) is 1.51. The lowest BCUT2D eigenvalue weighted by Crippen LogP contribution is -2.09. The van der Waals surface area contributed by atoms with Gasteiger partial charge in [0, 0.05) is 10.6 Å². The largest absolute Gasteiger partial charge is 0.399 e. The maximum Gasteiger partial charge on any atom is 0.116 e. The number of hydrogen-bond donors (Lipinski definition) is 0. The van der Waals surface area contributed by atoms with Gasteiger partial charge in [-0.15, -0.1) is 0 Å². The Balaban J connectivity index is 3.00. The zero-order chi connectivity index (χ0) is 10.6. The van der Waals surface area contributed by atoms with Gasteiger partial charge in [0.25, 0.3) is 0 Å². The lowest BCUT2D eigenvalue weighted by Gasteiger charge is -2.06. The van der Waals surface area contributed by atoms with Crippen LogP contribution < -0.4 is 0 Å². The summed E-state index contributed by atoms with van der Waals surface area (Å²) in [5.41, 5.74) is 1.72. The van der Waals surface area contributed by atoms with Crippen LogP contribution in [0.4, 0.5) is 0 Å². The van der Waals surface area contributed by atoms with Gasteiger partial charge in [0.1, 0.15) is 16.6 Å². The minimum absolute atomic E-state index is 0.0453. The van der Waals surface area contributed by atoms with E-state index in [0.29, 0.717) is 5.02 Å². The van der Waals surface area contributed by atoms with Crippen molar-refractivity contribution in [1.29, 1.82) is 0 Å². The van der Waals surface area contributed by atoms with E-state index in [2.05, 4.69) is 37.0 Å². The van der Waals surface area contributed by atoms with Crippen LogP contribution in [0.3, 0.4) is 0 Å². The van der Waals surface area contributed by atoms with Gasteiger partial charge in [-0.3, -0.25) is 0 Å². The average molecular weight is 341 g/mol. The minimum atomic E-state index is -0.0453. The summed E-state index contributed by atoms with van der Waals surface area (Å²) in [6.45, 7) is 0. The van der Waals surface area contributed by atoms with E-state index in [4.69, 9.17) is 16.4 Å². The Hall–Kier alpha value is -0.0600. The maximum atomic E-state index is 5.78. The van der Waals surface area contributed by atoms with Crippen LogP contribution in [-0.2, 0) is 4.84 Å². The first-order chi connectivity index (χ1) is 6.65. The second-order valence-corrected chi connectivity index (χ2v) is 5.96. The second-order valence-electron chi connectivity index (χ2n) is 2.47. The molecule has 0 saturated heterocycles. The summed E-state index contributed by atoms with van der Waals surface area (Å²) in [4.78, 5) is 4.74. The molecule has 0 aliphatic heterocycles. The SMILES string of the molecule is CO/N=C(/c1ccc(Cl)cc1)C(Br)Br. The first-order valence-electron chi connectivity index (χ1n) is 3.80. The first-order valence-corrected chi connectivity index (χ1v) is 6.01. The van der Waals surface area contributed by atoms with Gasteiger partial charge in [-0.1, -0.05) is 60.7 Å². The Morgan fingerprint density at radius 3 is 2.36 bits per heavy atom. The summed E-state index contributed by atoms with van der Waals surface area (Å²) >= 11 is 12.5. The fraction of sp³-hybridized carbons (Fsp3) is 0.222. The molecule has 5 heteroatoms. The van der Waals surface area contributed by atoms with Crippen molar-refractivity contribution < 1.29 is 4.84 Å². The van der Waals surface area contributed by atoms with Gasteiger partial charge in [0.15, 0.2) is 0 Å². The van der Waals surface area contributed by atoms with Crippen molar-refractivity contribution in [2.24, 2.45) is 5.16 Å². The first kappa shape index (κ1) is 12.0. The summed E-state index contributed by atoms with van der Waals surface area (Å²) < 4.78 is -0.0453. The minimum Gasteiger partial charge on any atom is -0.399 e. The summed E-state index contributed by atoms with van der Waals surface area (Å²) in [5.74, 6) is 0. The standard InChI is InChI=1S/C9H8Br2ClNO/c1-14-13-8(9(10)11)6-2-4-7(12)5-3-6/h2-5,9H,1H3/b13-8-. The topological polar surface area (TPSA) is 21.6 Å². The Bertz CT molecular complexity index is 324. The molecule has 0 aliphatic rings. The van der Waals surface area contributed by atoms with E-state index in [1.165, 1.54) is 7.11 Å². The van der Waals surface area contributed by atoms with Crippen molar-refractivity contribution in [3.63, 3.8) is 0 Å². The second kappa shape index (κ2) is 5.73. The predicted molar refractivity (Wildman–Crippen MR) is 66.6 cm³/mol. The molecule has 0 bridgehead atoms. The highest BCUT2D eigenvalue weighted by Crippen LogP contribution is 2.18. The molecule has 14 heavy (non-hydrogen) atoms. The molecule has 0 amide bonds. The van der Waals surface area contributed by atoms with Crippen LogP contribution >= 0.6 is 43.5 Å². The molecular weight excluding hydrogens is 333 g/mol. The number of nitrogens with zero attached hydrogens (tertiary/aromatic N) is 1. The number of halogens is 3. The lowest BCUT2D eigenvalue weighted by atomic mass is 10.1. The number of oxime groups is 1. The Kier molecular flexibility index (Phi) is 4.92. The molecule has 1 aromatic rings. The molecule has 0 spiro atoms. The lowest BCUT2D eigenvalue weighted by molar-refractivity contribution is 0.213. The van der Waals surface area contributed by atoms with Gasteiger partial charge >= 0.3 is 0 Å². The Labute approximate surface area is 105 Å². The molecule has 0 atom stereocenters. The average Bonchev–Trinajstić information content (AvgIpc) is 2.15. The van der Waals surface area contributed by atoms with Crippen molar-refractivity contribution >= 4 is 49.2 Å². The van der Waals surface area contributed by atoms with E-state index in [-0.39, 0.29) is 3.74 Å². The zero-order valence-electron chi connectivity index (χ0n) is 7.38. The Morgan fingerprint density at radius 1 is 1.36 bits per heavy atom. The number of rotatable bonds is 3. The van der Waals surface area contributed by atoms with Gasteiger partial charge < -0.3 is 4.84 Å². The Morgan fingerprint density at radius 2 is 1.93 bits per heavy atom. The molecule has 2 nitrogen and oxygen atoms in total. The van der Waals surface area contributed by atoms with Gasteiger partial charge in [0.2, 0.25) is 0 Å². The molecule has 1 aromatic carbocycles. The van der Waals surface area contributed by atoms with Gasteiger partial charge in [0.05, 0.1) is 0 Å². The predicted octanol–water partition coefficient (Wildman–Crippen LogP) is 3.81. The number of benzene rings is 1. The molecule has 0 saturated carbocycles. The molecule has 0 unspecified atom stereocenters. The zero-order valence-corrected chi connectivity index (χ0v) is 11.3. The number of alkyl halides is 2. The van der Waals surface area contributed by atoms with Crippen LogP contribution in [-0.4, -0.2) is 16.6 Å². The highest BCUT2D eigenvalue weighted by atomic mass is 79.9. The van der Waals surface area contributed by atoms with Crippen molar-refractivity contribution in [1.82, 2.24) is 0 Å². The van der Waals surface area contributed by atoms with Crippen LogP contribution in [0, 0.1) is 0 Å². The van der Waals surface area contributed by atoms with E-state index in [1.54, 1.807) is 0 Å². The van der Waals surface area contributed by atoms with E-state index in [0.717, 1.165) is 11.3 Å². The highest BCUT2D eigenvalue weighted by molar-refractivity contribution is 9.25. The van der Waals surface area contributed by atoms with Crippen molar-refractivity contribution in [2.45, 2.75) is 3.74 Å². The third-order valence-electron chi connectivity index (χ3n) is 1.54. The van der Waals surface area contributed by atoms with E-state index >= 15 is 0 Å². The van der Waals surface area contributed by atoms with Crippen LogP contribution in [0.2, 0.25) is 5.02 Å². The van der Waals surface area contributed by atoms with Crippen LogP contribution in [0.1, 0.15) is 5.56 Å². The summed E-state index contributed by atoms with van der Waals surface area (Å²) in [6, 6.07) is 7.39. The van der Waals surface area contributed by atoms with Crippen molar-refractivity contribution in [3.8, 4) is 0 Å². The van der Waals surface area contributed by atoms with Crippen molar-refractivity contribution in [2.75, 3.05) is 7.11 Å². The molecule has 76 valence electrons. The molecular formula is C9H8Br2ClNO. The fourth-order valence-corrected chi connectivity index (χ4v) is 1.76. The molecule has 0 fully saturated rings. The van der Waals surface area contributed by atoms with Gasteiger partial charge in [-0.05, 0) is 12.1 Å². The summed E-state index contributed by atoms with van der Waals surface area (Å²) in [6.07, 6.45) is 0. The van der Waals surface area contributed by atoms with E-state index < -0.39 is 0 Å². The van der Waals surface area contributed by atoms with E-state index in [1.807, 2.05) is 24.3 Å².